The second-order valence-electron chi connectivity index (χ2n) is 4.39. The fourth-order valence-corrected chi connectivity index (χ4v) is 2.52. The number of aryl methyl sites for hydroxylation is 1. The predicted molar refractivity (Wildman–Crippen MR) is 85.2 cm³/mol. The van der Waals surface area contributed by atoms with E-state index in [1.54, 1.807) is 24.3 Å². The Kier molecular flexibility index (Phi) is 4.65. The SMILES string of the molecule is Cc1cc(Br)c(NC(=O)c2ccccc2C(=O)O)cc1Cl. The topological polar surface area (TPSA) is 66.4 Å². The van der Waals surface area contributed by atoms with E-state index in [-0.39, 0.29) is 11.1 Å². The standard InChI is InChI=1S/C15H11BrClNO3/c1-8-6-11(16)13(7-12(8)17)18-14(19)9-4-2-3-5-10(9)15(20)21/h2-7H,1H3,(H,18,19)(H,20,21). The normalized spacial score (nSPS) is 10.2. The molecule has 0 saturated carbocycles. The summed E-state index contributed by atoms with van der Waals surface area (Å²) < 4.78 is 0.672. The van der Waals surface area contributed by atoms with Gasteiger partial charge in [-0.25, -0.2) is 4.79 Å². The van der Waals surface area contributed by atoms with E-state index in [9.17, 15) is 9.59 Å². The third kappa shape index (κ3) is 3.43. The zero-order valence-corrected chi connectivity index (χ0v) is 13.3. The van der Waals surface area contributed by atoms with Crippen LogP contribution in [0.1, 0.15) is 26.3 Å². The highest BCUT2D eigenvalue weighted by Gasteiger charge is 2.17. The zero-order valence-electron chi connectivity index (χ0n) is 11.0. The van der Waals surface area contributed by atoms with Crippen LogP contribution < -0.4 is 5.32 Å². The van der Waals surface area contributed by atoms with Gasteiger partial charge in [0.15, 0.2) is 0 Å². The molecule has 0 bridgehead atoms. The van der Waals surface area contributed by atoms with E-state index in [4.69, 9.17) is 16.7 Å². The lowest BCUT2D eigenvalue weighted by atomic mass is 10.1. The third-order valence-electron chi connectivity index (χ3n) is 2.90. The average molecular weight is 369 g/mol. The Morgan fingerprint density at radius 2 is 1.81 bits per heavy atom. The average Bonchev–Trinajstić information content (AvgIpc) is 2.44. The summed E-state index contributed by atoms with van der Waals surface area (Å²) in [5.41, 5.74) is 1.39. The summed E-state index contributed by atoms with van der Waals surface area (Å²) in [5.74, 6) is -1.66. The van der Waals surface area contributed by atoms with Gasteiger partial charge in [-0.2, -0.15) is 0 Å². The molecule has 2 aromatic carbocycles. The molecular formula is C15H11BrClNO3. The number of hydrogen-bond donors (Lipinski definition) is 2. The van der Waals surface area contributed by atoms with Gasteiger partial charge in [0, 0.05) is 9.50 Å². The first-order valence-electron chi connectivity index (χ1n) is 5.99. The van der Waals surface area contributed by atoms with Crippen LogP contribution in [-0.4, -0.2) is 17.0 Å². The summed E-state index contributed by atoms with van der Waals surface area (Å²) in [6, 6.07) is 9.41. The van der Waals surface area contributed by atoms with Gasteiger partial charge in [-0.1, -0.05) is 23.7 Å². The van der Waals surface area contributed by atoms with E-state index in [2.05, 4.69) is 21.2 Å². The number of carboxylic acid groups (broad SMARTS) is 1. The molecule has 4 nitrogen and oxygen atoms in total. The van der Waals surface area contributed by atoms with Crippen molar-refractivity contribution in [2.75, 3.05) is 5.32 Å². The molecule has 2 N–H and O–H groups in total. The minimum Gasteiger partial charge on any atom is -0.478 e. The van der Waals surface area contributed by atoms with Gasteiger partial charge in [-0.05, 0) is 52.7 Å². The van der Waals surface area contributed by atoms with Gasteiger partial charge in [-0.3, -0.25) is 4.79 Å². The van der Waals surface area contributed by atoms with Crippen molar-refractivity contribution in [3.8, 4) is 0 Å². The second-order valence-corrected chi connectivity index (χ2v) is 5.65. The molecule has 0 aliphatic carbocycles. The van der Waals surface area contributed by atoms with E-state index in [0.717, 1.165) is 5.56 Å². The molecule has 0 spiro atoms. The van der Waals surface area contributed by atoms with Crippen LogP contribution in [-0.2, 0) is 0 Å². The molecule has 0 atom stereocenters. The summed E-state index contributed by atoms with van der Waals surface area (Å²) in [4.78, 5) is 23.4. The van der Waals surface area contributed by atoms with Crippen LogP contribution in [0.4, 0.5) is 5.69 Å². The molecule has 1 amide bonds. The molecule has 108 valence electrons. The number of halogens is 2. The van der Waals surface area contributed by atoms with Crippen LogP contribution >= 0.6 is 27.5 Å². The molecule has 2 aromatic rings. The maximum Gasteiger partial charge on any atom is 0.336 e. The van der Waals surface area contributed by atoms with Crippen molar-refractivity contribution in [3.63, 3.8) is 0 Å². The molecule has 2 rings (SSSR count). The first kappa shape index (κ1) is 15.5. The maximum atomic E-state index is 12.2. The summed E-state index contributed by atoms with van der Waals surface area (Å²) in [6.45, 7) is 1.85. The van der Waals surface area contributed by atoms with Crippen LogP contribution in [0.3, 0.4) is 0 Å². The quantitative estimate of drug-likeness (QED) is 0.846. The lowest BCUT2D eigenvalue weighted by molar-refractivity contribution is 0.0692. The van der Waals surface area contributed by atoms with Crippen LogP contribution in [0.25, 0.3) is 0 Å². The van der Waals surface area contributed by atoms with E-state index in [1.165, 1.54) is 12.1 Å². The maximum absolute atomic E-state index is 12.2. The zero-order chi connectivity index (χ0) is 15.6. The molecule has 6 heteroatoms. The number of aromatic carboxylic acids is 1. The summed E-state index contributed by atoms with van der Waals surface area (Å²) in [7, 11) is 0. The van der Waals surface area contributed by atoms with Crippen molar-refractivity contribution in [1.82, 2.24) is 0 Å². The highest BCUT2D eigenvalue weighted by molar-refractivity contribution is 9.10. The molecule has 0 heterocycles. The first-order valence-corrected chi connectivity index (χ1v) is 7.16. The largest absolute Gasteiger partial charge is 0.478 e. The number of carbonyl (C=O) groups excluding carboxylic acids is 1. The van der Waals surface area contributed by atoms with Crippen LogP contribution in [0.15, 0.2) is 40.9 Å². The Balaban J connectivity index is 2.35. The molecule has 0 unspecified atom stereocenters. The van der Waals surface area contributed by atoms with Gasteiger partial charge in [0.25, 0.3) is 5.91 Å². The van der Waals surface area contributed by atoms with Gasteiger partial charge >= 0.3 is 5.97 Å². The van der Waals surface area contributed by atoms with Gasteiger partial charge in [0.1, 0.15) is 0 Å². The fraction of sp³-hybridized carbons (Fsp3) is 0.0667. The van der Waals surface area contributed by atoms with Crippen LogP contribution in [0.2, 0.25) is 5.02 Å². The van der Waals surface area contributed by atoms with E-state index in [0.29, 0.717) is 15.2 Å². The Bertz CT molecular complexity index is 731. The third-order valence-corrected chi connectivity index (χ3v) is 3.96. The number of benzene rings is 2. The number of nitrogens with one attached hydrogen (secondary N) is 1. The second kappa shape index (κ2) is 6.28. The highest BCUT2D eigenvalue weighted by atomic mass is 79.9. The summed E-state index contributed by atoms with van der Waals surface area (Å²) in [5, 5.41) is 12.3. The summed E-state index contributed by atoms with van der Waals surface area (Å²) in [6.07, 6.45) is 0. The number of rotatable bonds is 3. The molecular weight excluding hydrogens is 358 g/mol. The van der Waals surface area contributed by atoms with Crippen molar-refractivity contribution < 1.29 is 14.7 Å². The van der Waals surface area contributed by atoms with Crippen molar-refractivity contribution in [2.24, 2.45) is 0 Å². The van der Waals surface area contributed by atoms with E-state index < -0.39 is 11.9 Å². The van der Waals surface area contributed by atoms with Crippen molar-refractivity contribution in [3.05, 3.63) is 62.6 Å². The lowest BCUT2D eigenvalue weighted by Crippen LogP contribution is -2.16. The van der Waals surface area contributed by atoms with E-state index >= 15 is 0 Å². The van der Waals surface area contributed by atoms with Gasteiger partial charge in [-0.15, -0.1) is 0 Å². The number of hydrogen-bond acceptors (Lipinski definition) is 2. The Morgan fingerprint density at radius 1 is 1.19 bits per heavy atom. The summed E-state index contributed by atoms with van der Waals surface area (Å²) >= 11 is 9.37. The minimum absolute atomic E-state index is 0.0515. The Hall–Kier alpha value is -1.85. The molecule has 0 aliphatic rings. The molecule has 0 saturated heterocycles. The monoisotopic (exact) mass is 367 g/mol. The molecule has 21 heavy (non-hydrogen) atoms. The molecule has 0 radical (unpaired) electrons. The molecule has 0 aliphatic heterocycles. The predicted octanol–water partition coefficient (Wildman–Crippen LogP) is 4.36. The molecule has 0 aromatic heterocycles. The minimum atomic E-state index is -1.15. The van der Waals surface area contributed by atoms with Crippen molar-refractivity contribution >= 4 is 45.1 Å². The van der Waals surface area contributed by atoms with E-state index in [1.807, 2.05) is 6.92 Å². The van der Waals surface area contributed by atoms with Crippen LogP contribution in [0.5, 0.6) is 0 Å². The van der Waals surface area contributed by atoms with Gasteiger partial charge < -0.3 is 10.4 Å². The highest BCUT2D eigenvalue weighted by Crippen LogP contribution is 2.29. The first-order chi connectivity index (χ1) is 9.90. The molecule has 0 fully saturated rings. The number of amides is 1. The number of carbonyl (C=O) groups is 2. The smallest absolute Gasteiger partial charge is 0.336 e. The Labute approximate surface area is 134 Å². The Morgan fingerprint density at radius 3 is 2.43 bits per heavy atom. The van der Waals surface area contributed by atoms with Gasteiger partial charge in [0.05, 0.1) is 16.8 Å². The number of anilines is 1. The van der Waals surface area contributed by atoms with Crippen LogP contribution in [0, 0.1) is 6.92 Å². The number of carboxylic acids is 1. The fourth-order valence-electron chi connectivity index (χ4n) is 1.80. The van der Waals surface area contributed by atoms with Crippen molar-refractivity contribution in [2.45, 2.75) is 6.92 Å². The van der Waals surface area contributed by atoms with Gasteiger partial charge in [0.2, 0.25) is 0 Å². The lowest BCUT2D eigenvalue weighted by Gasteiger charge is -2.11. The van der Waals surface area contributed by atoms with Crippen molar-refractivity contribution in [1.29, 1.82) is 0 Å².